The van der Waals surface area contributed by atoms with Crippen molar-refractivity contribution in [3.05, 3.63) is 121 Å². The van der Waals surface area contributed by atoms with Crippen molar-refractivity contribution < 1.29 is 0 Å². The molecule has 1 nitrogen and oxygen atoms in total. The summed E-state index contributed by atoms with van der Waals surface area (Å²) in [4.78, 5) is 0. The summed E-state index contributed by atoms with van der Waals surface area (Å²) in [6, 6.07) is 42.6. The fourth-order valence-corrected chi connectivity index (χ4v) is 4.88. The number of hydrogen-bond acceptors (Lipinski definition) is 1. The molecule has 6 aromatic rings. The number of benzene rings is 6. The van der Waals surface area contributed by atoms with Crippen LogP contribution < -0.4 is 0 Å². The molecule has 0 unspecified atom stereocenters. The lowest BCUT2D eigenvalue weighted by molar-refractivity contribution is 1.49. The van der Waals surface area contributed by atoms with Crippen molar-refractivity contribution in [3.8, 4) is 28.3 Å². The van der Waals surface area contributed by atoms with Gasteiger partial charge in [-0.2, -0.15) is 5.26 Å². The molecular formula is C31H19N. The Kier molecular flexibility index (Phi) is 4.23. The summed E-state index contributed by atoms with van der Waals surface area (Å²) in [6.45, 7) is 0. The molecule has 0 saturated heterocycles. The predicted molar refractivity (Wildman–Crippen MR) is 135 cm³/mol. The molecule has 0 radical (unpaired) electrons. The number of rotatable bonds is 2. The monoisotopic (exact) mass is 405 g/mol. The molecule has 0 aliphatic heterocycles. The van der Waals surface area contributed by atoms with Crippen molar-refractivity contribution in [3.63, 3.8) is 0 Å². The third-order valence-corrected chi connectivity index (χ3v) is 6.29. The Hall–Kier alpha value is -4.41. The second kappa shape index (κ2) is 7.38. The van der Waals surface area contributed by atoms with Crippen LogP contribution in [-0.4, -0.2) is 0 Å². The minimum atomic E-state index is 0.676. The topological polar surface area (TPSA) is 23.8 Å². The first-order valence-corrected chi connectivity index (χ1v) is 10.8. The zero-order valence-electron chi connectivity index (χ0n) is 17.4. The summed E-state index contributed by atoms with van der Waals surface area (Å²) in [7, 11) is 0. The van der Waals surface area contributed by atoms with Gasteiger partial charge in [0.2, 0.25) is 0 Å². The Morgan fingerprint density at radius 2 is 0.938 bits per heavy atom. The molecule has 0 amide bonds. The van der Waals surface area contributed by atoms with Gasteiger partial charge in [0.1, 0.15) is 0 Å². The largest absolute Gasteiger partial charge is 0.192 e. The molecule has 6 rings (SSSR count). The molecule has 0 aliphatic carbocycles. The summed E-state index contributed by atoms with van der Waals surface area (Å²) in [5.74, 6) is 0. The van der Waals surface area contributed by atoms with Gasteiger partial charge in [-0.25, -0.2) is 0 Å². The molecule has 0 heterocycles. The summed E-state index contributed by atoms with van der Waals surface area (Å²) >= 11 is 0. The second-order valence-electron chi connectivity index (χ2n) is 8.06. The normalized spacial score (nSPS) is 11.1. The Balaban J connectivity index is 1.80. The van der Waals surface area contributed by atoms with Gasteiger partial charge in [-0.15, -0.1) is 0 Å². The van der Waals surface area contributed by atoms with Crippen LogP contribution in [0, 0.1) is 11.3 Å². The molecule has 6 aromatic carbocycles. The summed E-state index contributed by atoms with van der Waals surface area (Å²) in [6.07, 6.45) is 0. The van der Waals surface area contributed by atoms with Gasteiger partial charge in [-0.1, -0.05) is 103 Å². The van der Waals surface area contributed by atoms with Crippen LogP contribution in [0.25, 0.3) is 54.6 Å². The maximum absolute atomic E-state index is 9.24. The summed E-state index contributed by atoms with van der Waals surface area (Å²) in [5.41, 5.74) is 5.53. The summed E-state index contributed by atoms with van der Waals surface area (Å²) < 4.78 is 0. The lowest BCUT2D eigenvalue weighted by Crippen LogP contribution is -1.91. The van der Waals surface area contributed by atoms with Crippen LogP contribution in [0.3, 0.4) is 0 Å². The van der Waals surface area contributed by atoms with Crippen LogP contribution in [0.2, 0.25) is 0 Å². The van der Waals surface area contributed by atoms with Crippen LogP contribution >= 0.6 is 0 Å². The predicted octanol–water partition coefficient (Wildman–Crippen LogP) is 8.35. The van der Waals surface area contributed by atoms with E-state index in [4.69, 9.17) is 0 Å². The molecule has 0 saturated carbocycles. The highest BCUT2D eigenvalue weighted by Crippen LogP contribution is 2.45. The minimum Gasteiger partial charge on any atom is -0.192 e. The molecule has 1 heteroatoms. The third-order valence-electron chi connectivity index (χ3n) is 6.29. The van der Waals surface area contributed by atoms with E-state index in [1.165, 1.54) is 49.0 Å². The number of hydrogen-bond donors (Lipinski definition) is 0. The lowest BCUT2D eigenvalue weighted by atomic mass is 9.84. The number of nitrogens with zero attached hydrogens (tertiary/aromatic N) is 1. The van der Waals surface area contributed by atoms with Gasteiger partial charge in [-0.05, 0) is 66.7 Å². The van der Waals surface area contributed by atoms with Crippen molar-refractivity contribution in [1.29, 1.82) is 5.26 Å². The van der Waals surface area contributed by atoms with Crippen LogP contribution in [0.5, 0.6) is 0 Å². The van der Waals surface area contributed by atoms with Gasteiger partial charge in [0.15, 0.2) is 0 Å². The van der Waals surface area contributed by atoms with Gasteiger partial charge in [-0.3, -0.25) is 0 Å². The minimum absolute atomic E-state index is 0.676. The van der Waals surface area contributed by atoms with Crippen molar-refractivity contribution in [2.24, 2.45) is 0 Å². The van der Waals surface area contributed by atoms with Crippen LogP contribution in [0.4, 0.5) is 0 Å². The smallest absolute Gasteiger partial charge is 0.0991 e. The van der Waals surface area contributed by atoms with Gasteiger partial charge in [0.05, 0.1) is 11.6 Å². The Morgan fingerprint density at radius 1 is 0.438 bits per heavy atom. The van der Waals surface area contributed by atoms with Gasteiger partial charge >= 0.3 is 0 Å². The molecule has 0 aliphatic rings. The standard InChI is InChI=1S/C31H19N/c32-20-21-16-18-23(19-17-21)30-26-11-3-5-13-28(26)31(29-14-6-4-12-27(29)30)25-15-7-9-22-8-1-2-10-24(22)25/h1-19H. The zero-order chi connectivity index (χ0) is 21.5. The Morgan fingerprint density at radius 3 is 1.53 bits per heavy atom. The van der Waals surface area contributed by atoms with Crippen molar-refractivity contribution >= 4 is 32.3 Å². The average Bonchev–Trinajstić information content (AvgIpc) is 2.87. The molecule has 0 atom stereocenters. The van der Waals surface area contributed by atoms with Gasteiger partial charge in [0.25, 0.3) is 0 Å². The van der Waals surface area contributed by atoms with E-state index in [0.717, 1.165) is 5.56 Å². The molecular weight excluding hydrogens is 386 g/mol. The number of nitriles is 1. The first-order chi connectivity index (χ1) is 15.8. The molecule has 0 bridgehead atoms. The van der Waals surface area contributed by atoms with E-state index < -0.39 is 0 Å². The van der Waals surface area contributed by atoms with Crippen molar-refractivity contribution in [1.82, 2.24) is 0 Å². The lowest BCUT2D eigenvalue weighted by Gasteiger charge is -2.18. The average molecular weight is 406 g/mol. The highest BCUT2D eigenvalue weighted by atomic mass is 14.2. The van der Waals surface area contributed by atoms with E-state index in [1.54, 1.807) is 0 Å². The summed E-state index contributed by atoms with van der Waals surface area (Å²) in [5, 5.41) is 16.7. The SMILES string of the molecule is N#Cc1ccc(-c2c3ccccc3c(-c3cccc4ccccc34)c3ccccc23)cc1. The van der Waals surface area contributed by atoms with E-state index in [1.807, 2.05) is 12.1 Å². The van der Waals surface area contributed by atoms with Gasteiger partial charge in [0, 0.05) is 0 Å². The van der Waals surface area contributed by atoms with Gasteiger partial charge < -0.3 is 0 Å². The maximum Gasteiger partial charge on any atom is 0.0991 e. The van der Waals surface area contributed by atoms with E-state index in [2.05, 4.69) is 109 Å². The van der Waals surface area contributed by atoms with Crippen molar-refractivity contribution in [2.75, 3.05) is 0 Å². The number of fused-ring (bicyclic) bond motifs is 3. The molecule has 0 spiro atoms. The first-order valence-electron chi connectivity index (χ1n) is 10.8. The molecule has 148 valence electrons. The highest BCUT2D eigenvalue weighted by Gasteiger charge is 2.17. The van der Waals surface area contributed by atoms with Crippen molar-refractivity contribution in [2.45, 2.75) is 0 Å². The van der Waals surface area contributed by atoms with E-state index in [9.17, 15) is 5.26 Å². The first kappa shape index (κ1) is 18.4. The third kappa shape index (κ3) is 2.78. The second-order valence-corrected chi connectivity index (χ2v) is 8.06. The molecule has 32 heavy (non-hydrogen) atoms. The van der Waals surface area contributed by atoms with E-state index >= 15 is 0 Å². The van der Waals surface area contributed by atoms with E-state index in [0.29, 0.717) is 5.56 Å². The zero-order valence-corrected chi connectivity index (χ0v) is 17.4. The Bertz CT molecular complexity index is 1610. The fourth-order valence-electron chi connectivity index (χ4n) is 4.88. The van der Waals surface area contributed by atoms with E-state index in [-0.39, 0.29) is 0 Å². The Labute approximate surface area is 186 Å². The fraction of sp³-hybridized carbons (Fsp3) is 0. The molecule has 0 aromatic heterocycles. The van der Waals surface area contributed by atoms with Crippen LogP contribution in [-0.2, 0) is 0 Å². The maximum atomic E-state index is 9.24. The van der Waals surface area contributed by atoms with Crippen LogP contribution in [0.15, 0.2) is 115 Å². The molecule has 0 fully saturated rings. The highest BCUT2D eigenvalue weighted by molar-refractivity contribution is 6.23. The van der Waals surface area contributed by atoms with Crippen LogP contribution in [0.1, 0.15) is 5.56 Å². The molecule has 0 N–H and O–H groups in total. The quantitative estimate of drug-likeness (QED) is 0.266.